The summed E-state index contributed by atoms with van der Waals surface area (Å²) in [6.07, 6.45) is -2.93. The highest BCUT2D eigenvalue weighted by atomic mass is 32.1. The van der Waals surface area contributed by atoms with Crippen molar-refractivity contribution in [1.82, 2.24) is 14.5 Å². The Morgan fingerprint density at radius 1 is 1.06 bits per heavy atom. The van der Waals surface area contributed by atoms with Gasteiger partial charge in [0.15, 0.2) is 10.9 Å². The predicted octanol–water partition coefficient (Wildman–Crippen LogP) is 4.02. The van der Waals surface area contributed by atoms with Crippen LogP contribution in [0.5, 0.6) is 0 Å². The maximum Gasteiger partial charge on any atom is 0.416 e. The number of ether oxygens (including phenoxy) is 1. The Kier molecular flexibility index (Phi) is 5.22. The van der Waals surface area contributed by atoms with E-state index in [1.807, 2.05) is 0 Å². The first-order valence-electron chi connectivity index (χ1n) is 9.84. The number of hydrogen-bond acceptors (Lipinski definition) is 7. The van der Waals surface area contributed by atoms with E-state index in [1.54, 1.807) is 12.1 Å². The molecular weight excluding hydrogens is 445 g/mol. The topological polar surface area (TPSA) is 73.4 Å². The molecular formula is C21H17F3N4O3S. The number of anilines is 1. The van der Waals surface area contributed by atoms with E-state index in [1.165, 1.54) is 34.3 Å². The van der Waals surface area contributed by atoms with E-state index >= 15 is 0 Å². The third-order valence-corrected chi connectivity index (χ3v) is 6.30. The first-order valence-corrected chi connectivity index (χ1v) is 10.7. The van der Waals surface area contributed by atoms with Crippen molar-refractivity contribution in [1.29, 1.82) is 0 Å². The second-order valence-electron chi connectivity index (χ2n) is 7.25. The lowest BCUT2D eigenvalue weighted by Crippen LogP contribution is -2.36. The SMILES string of the molecule is O=c1nc(-c2ccco2)c2nc(N3CCOCC3)sc2n1Cc1ccc(C(F)(F)F)cc1. The molecule has 0 bridgehead atoms. The zero-order valence-electron chi connectivity index (χ0n) is 16.6. The van der Waals surface area contributed by atoms with Gasteiger partial charge in [0.25, 0.3) is 0 Å². The van der Waals surface area contributed by atoms with Gasteiger partial charge in [-0.2, -0.15) is 18.2 Å². The van der Waals surface area contributed by atoms with Crippen LogP contribution < -0.4 is 10.6 Å². The molecule has 0 radical (unpaired) electrons. The Labute approximate surface area is 183 Å². The molecule has 1 fully saturated rings. The average molecular weight is 462 g/mol. The smallest absolute Gasteiger partial charge is 0.416 e. The summed E-state index contributed by atoms with van der Waals surface area (Å²) in [7, 11) is 0. The predicted molar refractivity (Wildman–Crippen MR) is 113 cm³/mol. The van der Waals surface area contributed by atoms with Gasteiger partial charge in [0.1, 0.15) is 16.0 Å². The van der Waals surface area contributed by atoms with Gasteiger partial charge in [0.2, 0.25) is 0 Å². The molecule has 0 spiro atoms. The lowest BCUT2D eigenvalue weighted by Gasteiger charge is -2.25. The van der Waals surface area contributed by atoms with Crippen LogP contribution in [0.1, 0.15) is 11.1 Å². The molecule has 0 amide bonds. The van der Waals surface area contributed by atoms with Crippen LogP contribution in [-0.4, -0.2) is 40.8 Å². The minimum absolute atomic E-state index is 0.0731. The lowest BCUT2D eigenvalue weighted by atomic mass is 10.1. The lowest BCUT2D eigenvalue weighted by molar-refractivity contribution is -0.137. The van der Waals surface area contributed by atoms with E-state index in [2.05, 4.69) is 9.88 Å². The molecule has 3 aromatic heterocycles. The van der Waals surface area contributed by atoms with Crippen molar-refractivity contribution in [2.45, 2.75) is 12.7 Å². The summed E-state index contributed by atoms with van der Waals surface area (Å²) in [5.41, 5.74) is 0.140. The van der Waals surface area contributed by atoms with Gasteiger partial charge in [0, 0.05) is 13.1 Å². The largest absolute Gasteiger partial charge is 0.463 e. The van der Waals surface area contributed by atoms with Crippen molar-refractivity contribution in [2.24, 2.45) is 0 Å². The monoisotopic (exact) mass is 462 g/mol. The molecule has 1 aliphatic rings. The molecule has 5 rings (SSSR count). The molecule has 1 aromatic carbocycles. The van der Waals surface area contributed by atoms with Crippen molar-refractivity contribution in [3.63, 3.8) is 0 Å². The maximum absolute atomic E-state index is 12.9. The average Bonchev–Trinajstić information content (AvgIpc) is 3.46. The van der Waals surface area contributed by atoms with Crippen LogP contribution in [-0.2, 0) is 17.5 Å². The number of furan rings is 1. The summed E-state index contributed by atoms with van der Waals surface area (Å²) in [6, 6.07) is 8.15. The Bertz CT molecular complexity index is 1290. The van der Waals surface area contributed by atoms with Crippen LogP contribution in [0.2, 0.25) is 0 Å². The molecule has 0 N–H and O–H groups in total. The van der Waals surface area contributed by atoms with Gasteiger partial charge in [-0.3, -0.25) is 4.57 Å². The summed E-state index contributed by atoms with van der Waals surface area (Å²) < 4.78 is 50.9. The summed E-state index contributed by atoms with van der Waals surface area (Å²) in [4.78, 5) is 24.5. The van der Waals surface area contributed by atoms with Gasteiger partial charge in [-0.15, -0.1) is 0 Å². The van der Waals surface area contributed by atoms with E-state index < -0.39 is 17.4 Å². The number of rotatable bonds is 4. The van der Waals surface area contributed by atoms with Crippen LogP contribution in [0.4, 0.5) is 18.3 Å². The van der Waals surface area contributed by atoms with Gasteiger partial charge in [-0.25, -0.2) is 9.78 Å². The highest BCUT2D eigenvalue weighted by molar-refractivity contribution is 7.21. The molecule has 0 saturated carbocycles. The highest BCUT2D eigenvalue weighted by Crippen LogP contribution is 2.34. The number of aromatic nitrogens is 3. The van der Waals surface area contributed by atoms with Gasteiger partial charge >= 0.3 is 11.9 Å². The Morgan fingerprint density at radius 2 is 1.81 bits per heavy atom. The molecule has 11 heteroatoms. The van der Waals surface area contributed by atoms with E-state index in [0.29, 0.717) is 53.7 Å². The first kappa shape index (κ1) is 20.7. The van der Waals surface area contributed by atoms with E-state index in [0.717, 1.165) is 17.3 Å². The molecule has 0 atom stereocenters. The molecule has 0 aliphatic carbocycles. The number of thiazole rings is 1. The van der Waals surface area contributed by atoms with Crippen LogP contribution in [0.25, 0.3) is 21.8 Å². The molecule has 4 heterocycles. The van der Waals surface area contributed by atoms with Crippen LogP contribution >= 0.6 is 11.3 Å². The molecule has 166 valence electrons. The van der Waals surface area contributed by atoms with Crippen LogP contribution in [0.15, 0.2) is 51.9 Å². The van der Waals surface area contributed by atoms with Crippen LogP contribution in [0.3, 0.4) is 0 Å². The summed E-state index contributed by atoms with van der Waals surface area (Å²) in [6.45, 7) is 2.58. The second-order valence-corrected chi connectivity index (χ2v) is 8.21. The number of alkyl halides is 3. The zero-order valence-corrected chi connectivity index (χ0v) is 17.4. The molecule has 1 aliphatic heterocycles. The van der Waals surface area contributed by atoms with Gasteiger partial charge in [0.05, 0.1) is 31.6 Å². The molecule has 4 aromatic rings. The van der Waals surface area contributed by atoms with Crippen molar-refractivity contribution in [2.75, 3.05) is 31.2 Å². The third-order valence-electron chi connectivity index (χ3n) is 5.16. The zero-order chi connectivity index (χ0) is 22.3. The summed E-state index contributed by atoms with van der Waals surface area (Å²) >= 11 is 1.34. The number of fused-ring (bicyclic) bond motifs is 1. The normalized spacial score (nSPS) is 14.9. The van der Waals surface area contributed by atoms with Crippen molar-refractivity contribution >= 4 is 26.8 Å². The molecule has 1 saturated heterocycles. The maximum atomic E-state index is 12.9. The fourth-order valence-corrected chi connectivity index (χ4v) is 4.64. The van der Waals surface area contributed by atoms with E-state index in [9.17, 15) is 18.0 Å². The minimum Gasteiger partial charge on any atom is -0.463 e. The standard InChI is InChI=1S/C21H17F3N4O3S/c22-21(23,24)14-5-3-13(4-6-14)12-28-18-17(16(25-19(28)29)15-2-1-9-31-15)26-20(32-18)27-7-10-30-11-8-27/h1-6,9H,7-8,10-12H2. The number of benzene rings is 1. The third kappa shape index (κ3) is 3.89. The Balaban J connectivity index is 1.60. The Morgan fingerprint density at radius 3 is 2.47 bits per heavy atom. The highest BCUT2D eigenvalue weighted by Gasteiger charge is 2.30. The number of morpholine rings is 1. The van der Waals surface area contributed by atoms with Crippen molar-refractivity contribution < 1.29 is 22.3 Å². The summed E-state index contributed by atoms with van der Waals surface area (Å²) in [5.74, 6) is 0.424. The van der Waals surface area contributed by atoms with E-state index in [-0.39, 0.29) is 6.54 Å². The second kappa shape index (κ2) is 8.06. The fraction of sp³-hybridized carbons (Fsp3) is 0.286. The van der Waals surface area contributed by atoms with Crippen LogP contribution in [0, 0.1) is 0 Å². The molecule has 32 heavy (non-hydrogen) atoms. The van der Waals surface area contributed by atoms with Crippen molar-refractivity contribution in [3.05, 3.63) is 64.3 Å². The number of halogens is 3. The minimum atomic E-state index is -4.42. The summed E-state index contributed by atoms with van der Waals surface area (Å²) in [5, 5.41) is 0.727. The first-order chi connectivity index (χ1) is 15.4. The quantitative estimate of drug-likeness (QED) is 0.456. The van der Waals surface area contributed by atoms with E-state index in [4.69, 9.17) is 14.1 Å². The Hall–Kier alpha value is -3.18. The van der Waals surface area contributed by atoms with Crippen molar-refractivity contribution in [3.8, 4) is 11.5 Å². The number of hydrogen-bond donors (Lipinski definition) is 0. The molecule has 0 unspecified atom stereocenters. The molecule has 7 nitrogen and oxygen atoms in total. The van der Waals surface area contributed by atoms with Gasteiger partial charge < -0.3 is 14.1 Å². The van der Waals surface area contributed by atoms with Gasteiger partial charge in [-0.05, 0) is 29.8 Å². The number of nitrogens with zero attached hydrogens (tertiary/aromatic N) is 4. The van der Waals surface area contributed by atoms with Gasteiger partial charge in [-0.1, -0.05) is 23.5 Å². The fourth-order valence-electron chi connectivity index (χ4n) is 3.53.